The van der Waals surface area contributed by atoms with Gasteiger partial charge >= 0.3 is 11.9 Å². The highest BCUT2D eigenvalue weighted by atomic mass is 32.1. The molecule has 2 fully saturated rings. The number of methoxy groups -OCH3 is 2. The third-order valence-electron chi connectivity index (χ3n) is 7.96. The lowest BCUT2D eigenvalue weighted by Crippen LogP contribution is -2.08. The van der Waals surface area contributed by atoms with E-state index in [0.717, 1.165) is 22.7 Å². The lowest BCUT2D eigenvalue weighted by Gasteiger charge is -2.14. The van der Waals surface area contributed by atoms with Crippen LogP contribution in [0.5, 0.6) is 23.0 Å². The summed E-state index contributed by atoms with van der Waals surface area (Å²) in [5.41, 5.74) is 0. The zero-order valence-electron chi connectivity index (χ0n) is 23.9. The van der Waals surface area contributed by atoms with Crippen LogP contribution >= 0.6 is 22.7 Å². The van der Waals surface area contributed by atoms with Gasteiger partial charge in [0.1, 0.15) is 0 Å². The van der Waals surface area contributed by atoms with Crippen LogP contribution in [0.3, 0.4) is 0 Å². The van der Waals surface area contributed by atoms with E-state index in [9.17, 15) is 19.2 Å². The van der Waals surface area contributed by atoms with Gasteiger partial charge in [0.25, 0.3) is 0 Å². The van der Waals surface area contributed by atoms with Crippen molar-refractivity contribution in [2.24, 2.45) is 23.7 Å². The molecule has 2 aliphatic rings. The van der Waals surface area contributed by atoms with E-state index in [1.165, 1.54) is 26.4 Å². The molecule has 0 aliphatic heterocycles. The fourth-order valence-corrected chi connectivity index (χ4v) is 7.48. The van der Waals surface area contributed by atoms with Crippen molar-refractivity contribution in [3.8, 4) is 23.0 Å². The van der Waals surface area contributed by atoms with E-state index in [-0.39, 0.29) is 87.6 Å². The first-order valence-corrected chi connectivity index (χ1v) is 15.6. The van der Waals surface area contributed by atoms with Gasteiger partial charge in [-0.15, -0.1) is 22.7 Å². The maximum Gasteiger partial charge on any atom is 0.307 e. The van der Waals surface area contributed by atoms with Crippen LogP contribution in [0.25, 0.3) is 20.2 Å². The fourth-order valence-electron chi connectivity index (χ4n) is 5.30. The molecule has 2 aliphatic carbocycles. The number of carbonyl (C=O) groups excluding carboxylic acids is 2. The topological polar surface area (TPSA) is 146 Å². The Kier molecular flexibility index (Phi) is 8.12. The van der Waals surface area contributed by atoms with Gasteiger partial charge in [-0.3, -0.25) is 19.2 Å². The maximum atomic E-state index is 15.5. The van der Waals surface area contributed by atoms with E-state index in [1.807, 2.05) is 0 Å². The molecule has 6 rings (SSSR count). The molecule has 0 unspecified atom stereocenters. The largest absolute Gasteiger partial charge is 0.493 e. The van der Waals surface area contributed by atoms with Crippen molar-refractivity contribution in [3.05, 3.63) is 45.7 Å². The van der Waals surface area contributed by atoms with Gasteiger partial charge in [0.05, 0.1) is 49.0 Å². The van der Waals surface area contributed by atoms with Crippen molar-refractivity contribution >= 4 is 66.4 Å². The van der Waals surface area contributed by atoms with Crippen molar-refractivity contribution in [1.29, 1.82) is 0 Å². The van der Waals surface area contributed by atoms with Gasteiger partial charge in [-0.2, -0.15) is 0 Å². The van der Waals surface area contributed by atoms with E-state index in [0.29, 0.717) is 9.40 Å². The highest BCUT2D eigenvalue weighted by Gasteiger charge is 2.49. The summed E-state index contributed by atoms with van der Waals surface area (Å²) in [6.45, 7) is -0.0705. The average Bonchev–Trinajstić information content (AvgIpc) is 3.91. The second-order valence-electron chi connectivity index (χ2n) is 10.8. The maximum absolute atomic E-state index is 15.5. The molecule has 45 heavy (non-hydrogen) atoms. The van der Waals surface area contributed by atoms with Gasteiger partial charge in [0.2, 0.25) is 0 Å². The number of rotatable bonds is 14. The Morgan fingerprint density at radius 2 is 1.11 bits per heavy atom. The predicted molar refractivity (Wildman–Crippen MR) is 159 cm³/mol. The quantitative estimate of drug-likeness (QED) is 0.121. The SMILES string of the molecule is COc1cc2sc(C(=O)[C@H]3C[C@@H]3C(=O)O)cc2c(F)c1OCCCOc1c(OC)cc2sc(C(=O)[C@@H]3C[C@H]3C(=O)O)cc2c1F. The van der Waals surface area contributed by atoms with Crippen LogP contribution in [0.15, 0.2) is 24.3 Å². The van der Waals surface area contributed by atoms with E-state index in [2.05, 4.69) is 0 Å². The number of ketones is 2. The molecule has 2 heterocycles. The number of benzene rings is 2. The first kappa shape index (κ1) is 30.7. The molecule has 2 aromatic heterocycles. The van der Waals surface area contributed by atoms with Crippen LogP contribution in [-0.4, -0.2) is 61.2 Å². The third kappa shape index (κ3) is 5.68. The summed E-state index contributed by atoms with van der Waals surface area (Å²) < 4.78 is 53.9. The molecule has 2 aromatic carbocycles. The first-order chi connectivity index (χ1) is 21.5. The number of halogens is 2. The Bertz CT molecular complexity index is 1750. The normalized spacial score (nSPS) is 20.2. The Hall–Kier alpha value is -4.30. The number of carboxylic acids is 2. The van der Waals surface area contributed by atoms with Crippen LogP contribution in [0, 0.1) is 35.3 Å². The minimum atomic E-state index is -1.03. The van der Waals surface area contributed by atoms with Gasteiger partial charge in [-0.1, -0.05) is 0 Å². The number of thiophene rings is 2. The van der Waals surface area contributed by atoms with Crippen molar-refractivity contribution in [1.82, 2.24) is 0 Å². The van der Waals surface area contributed by atoms with Crippen LogP contribution in [0.4, 0.5) is 8.78 Å². The number of Topliss-reactive ketones (excluding diaryl/α,β-unsaturated/α-hetero) is 2. The van der Waals surface area contributed by atoms with Crippen LogP contribution in [0.1, 0.15) is 38.6 Å². The smallest absolute Gasteiger partial charge is 0.307 e. The molecule has 2 N–H and O–H groups in total. The molecule has 4 aromatic rings. The van der Waals surface area contributed by atoms with Crippen molar-refractivity contribution in [2.75, 3.05) is 27.4 Å². The number of ether oxygens (including phenoxy) is 4. The van der Waals surface area contributed by atoms with Gasteiger partial charge in [0.15, 0.2) is 46.2 Å². The Balaban J connectivity index is 1.12. The second-order valence-corrected chi connectivity index (χ2v) is 13.0. The summed E-state index contributed by atoms with van der Waals surface area (Å²) >= 11 is 2.11. The highest BCUT2D eigenvalue weighted by molar-refractivity contribution is 7.21. The van der Waals surface area contributed by atoms with E-state index < -0.39 is 47.2 Å². The molecule has 236 valence electrons. The summed E-state index contributed by atoms with van der Waals surface area (Å²) in [4.78, 5) is 48.3. The Morgan fingerprint density at radius 1 is 0.711 bits per heavy atom. The first-order valence-electron chi connectivity index (χ1n) is 13.9. The zero-order valence-corrected chi connectivity index (χ0v) is 25.5. The van der Waals surface area contributed by atoms with Crippen molar-refractivity contribution in [2.45, 2.75) is 19.3 Å². The van der Waals surface area contributed by atoms with E-state index in [1.54, 1.807) is 12.1 Å². The lowest BCUT2D eigenvalue weighted by atomic mass is 10.1. The van der Waals surface area contributed by atoms with Crippen LogP contribution in [0.2, 0.25) is 0 Å². The van der Waals surface area contributed by atoms with Gasteiger partial charge in [0, 0.05) is 50.6 Å². The number of hydrogen-bond acceptors (Lipinski definition) is 10. The molecule has 0 spiro atoms. The monoisotopic (exact) mass is 660 g/mol. The molecule has 4 atom stereocenters. The molecule has 2 saturated carbocycles. The van der Waals surface area contributed by atoms with Crippen LogP contribution < -0.4 is 18.9 Å². The molecule has 0 saturated heterocycles. The van der Waals surface area contributed by atoms with E-state index in [4.69, 9.17) is 29.2 Å². The van der Waals surface area contributed by atoms with Crippen LogP contribution in [-0.2, 0) is 9.59 Å². The summed E-state index contributed by atoms with van der Waals surface area (Å²) in [6.07, 6.45) is 0.730. The standard InChI is InChI=1S/C31H26F2O10S2/c1-40-18-10-20-16(8-22(44-20)26(34)12-6-14(12)30(36)37)24(32)28(18)42-4-3-5-43-29-19(41-2)11-21-17(25(29)33)9-23(45-21)27(35)13-7-15(13)31(38)39/h8-15H,3-7H2,1-2H3,(H,36,37)(H,38,39)/t12-,13+,14-,15+. The number of aliphatic carboxylic acids is 2. The molecule has 0 amide bonds. The Labute approximate surface area is 262 Å². The molecule has 0 bridgehead atoms. The van der Waals surface area contributed by atoms with E-state index >= 15 is 8.78 Å². The minimum Gasteiger partial charge on any atom is -0.493 e. The number of fused-ring (bicyclic) bond motifs is 2. The average molecular weight is 661 g/mol. The number of carboxylic acid groups (broad SMARTS) is 2. The Morgan fingerprint density at radius 3 is 1.44 bits per heavy atom. The number of carbonyl (C=O) groups is 4. The summed E-state index contributed by atoms with van der Waals surface area (Å²) in [7, 11) is 2.70. The summed E-state index contributed by atoms with van der Waals surface area (Å²) in [5.74, 6) is -6.95. The van der Waals surface area contributed by atoms with Gasteiger partial charge in [-0.25, -0.2) is 8.78 Å². The molecular formula is C31H26F2O10S2. The molecule has 0 radical (unpaired) electrons. The summed E-state index contributed by atoms with van der Waals surface area (Å²) in [5, 5.41) is 18.6. The second kappa shape index (κ2) is 11.9. The molecular weight excluding hydrogens is 634 g/mol. The number of hydrogen-bond donors (Lipinski definition) is 2. The molecule has 10 nitrogen and oxygen atoms in total. The van der Waals surface area contributed by atoms with Crippen molar-refractivity contribution in [3.63, 3.8) is 0 Å². The third-order valence-corrected chi connectivity index (χ3v) is 10.2. The van der Waals surface area contributed by atoms with Gasteiger partial charge in [-0.05, 0) is 25.0 Å². The predicted octanol–water partition coefficient (Wildman–Crippen LogP) is 6.07. The van der Waals surface area contributed by atoms with Gasteiger partial charge < -0.3 is 29.2 Å². The molecule has 14 heteroatoms. The summed E-state index contributed by atoms with van der Waals surface area (Å²) in [6, 6.07) is 5.89. The zero-order chi connectivity index (χ0) is 32.2. The lowest BCUT2D eigenvalue weighted by molar-refractivity contribution is -0.139. The fraction of sp³-hybridized carbons (Fsp3) is 0.355. The highest BCUT2D eigenvalue weighted by Crippen LogP contribution is 2.46. The minimum absolute atomic E-state index is 0.0352. The van der Waals surface area contributed by atoms with Crippen molar-refractivity contribution < 1.29 is 57.1 Å².